The van der Waals surface area contributed by atoms with E-state index in [1.54, 1.807) is 18.2 Å². The molecule has 4 atom stereocenters. The van der Waals surface area contributed by atoms with E-state index in [1.165, 1.54) is 4.90 Å². The zero-order valence-corrected chi connectivity index (χ0v) is 17.8. The van der Waals surface area contributed by atoms with E-state index in [2.05, 4.69) is 24.5 Å². The van der Waals surface area contributed by atoms with Crippen LogP contribution in [0, 0.1) is 17.8 Å². The lowest BCUT2D eigenvalue weighted by molar-refractivity contribution is -0.130. The van der Waals surface area contributed by atoms with Gasteiger partial charge >= 0.3 is 0 Å². The third-order valence-electron chi connectivity index (χ3n) is 6.96. The van der Waals surface area contributed by atoms with Gasteiger partial charge in [-0.1, -0.05) is 32.0 Å². The molecule has 8 heteroatoms. The van der Waals surface area contributed by atoms with E-state index in [-0.39, 0.29) is 36.5 Å². The molecule has 4 heterocycles. The Hall–Kier alpha value is -3.39. The topological polar surface area (TPSA) is 97.0 Å². The first-order valence-corrected chi connectivity index (χ1v) is 10.9. The van der Waals surface area contributed by atoms with E-state index in [1.807, 2.05) is 24.3 Å². The number of anilines is 2. The second kappa shape index (κ2) is 6.56. The molecular formula is C24H23N3O5. The van der Waals surface area contributed by atoms with Gasteiger partial charge in [0, 0.05) is 23.4 Å². The van der Waals surface area contributed by atoms with Gasteiger partial charge in [-0.2, -0.15) is 0 Å². The van der Waals surface area contributed by atoms with Crippen molar-refractivity contribution in [3.05, 3.63) is 48.0 Å². The fourth-order valence-corrected chi connectivity index (χ4v) is 5.75. The molecule has 2 N–H and O–H groups in total. The van der Waals surface area contributed by atoms with E-state index < -0.39 is 17.4 Å². The number of ether oxygens (including phenoxy) is 2. The first-order valence-electron chi connectivity index (χ1n) is 10.9. The minimum atomic E-state index is -1.27. The van der Waals surface area contributed by atoms with Gasteiger partial charge in [-0.15, -0.1) is 0 Å². The summed E-state index contributed by atoms with van der Waals surface area (Å²) in [5.74, 6) is -1.04. The van der Waals surface area contributed by atoms with Crippen LogP contribution in [0.5, 0.6) is 11.5 Å². The Morgan fingerprint density at radius 2 is 1.84 bits per heavy atom. The average Bonchev–Trinajstić information content (AvgIpc) is 3.48. The lowest BCUT2D eigenvalue weighted by Crippen LogP contribution is -2.53. The highest BCUT2D eigenvalue weighted by molar-refractivity contribution is 6.25. The molecule has 2 saturated heterocycles. The number of imide groups is 1. The fraction of sp³-hybridized carbons (Fsp3) is 0.375. The highest BCUT2D eigenvalue weighted by atomic mass is 16.7. The maximum absolute atomic E-state index is 13.9. The SMILES string of the molecule is CC(C)C[C@H]1N[C@]2(C(=O)Nc3ccccc32)[C@@H]2C(=O)N(c3ccc4c(c3)OCO4)C(=O)[C@H]21. The Morgan fingerprint density at radius 3 is 2.66 bits per heavy atom. The first kappa shape index (κ1) is 19.3. The molecule has 2 aromatic rings. The van der Waals surface area contributed by atoms with Crippen molar-refractivity contribution < 1.29 is 23.9 Å². The van der Waals surface area contributed by atoms with E-state index >= 15 is 0 Å². The van der Waals surface area contributed by atoms with Crippen LogP contribution >= 0.6 is 0 Å². The van der Waals surface area contributed by atoms with Crippen LogP contribution in [-0.2, 0) is 19.9 Å². The van der Waals surface area contributed by atoms with E-state index in [0.717, 1.165) is 5.56 Å². The standard InChI is InChI=1S/C24H23N3O5/c1-12(2)9-16-19-20(24(26-16)14-5-3-4-6-15(14)25-23(24)30)22(29)27(21(19)28)13-7-8-17-18(10-13)32-11-31-17/h3-8,10,12,16,19-20,26H,9,11H2,1-2H3,(H,25,30)/t16-,19+,20+,24+/m1/s1. The molecule has 0 aromatic heterocycles. The smallest absolute Gasteiger partial charge is 0.250 e. The van der Waals surface area contributed by atoms with Gasteiger partial charge in [-0.05, 0) is 30.5 Å². The molecule has 4 aliphatic heterocycles. The molecule has 0 unspecified atom stereocenters. The molecule has 0 radical (unpaired) electrons. The molecule has 6 rings (SSSR count). The molecule has 3 amide bonds. The number of nitrogens with one attached hydrogen (secondary N) is 2. The minimum absolute atomic E-state index is 0.104. The van der Waals surface area contributed by atoms with Crippen molar-refractivity contribution in [2.75, 3.05) is 17.0 Å². The lowest BCUT2D eigenvalue weighted by Gasteiger charge is -2.29. The number of amides is 3. The Bertz CT molecular complexity index is 1180. The molecule has 2 fully saturated rings. The summed E-state index contributed by atoms with van der Waals surface area (Å²) in [4.78, 5) is 42.2. The predicted octanol–water partition coefficient (Wildman–Crippen LogP) is 2.39. The van der Waals surface area contributed by atoms with Crippen molar-refractivity contribution in [3.8, 4) is 11.5 Å². The van der Waals surface area contributed by atoms with Crippen LogP contribution in [0.25, 0.3) is 0 Å². The van der Waals surface area contributed by atoms with Crippen LogP contribution in [0.4, 0.5) is 11.4 Å². The Balaban J connectivity index is 1.49. The highest BCUT2D eigenvalue weighted by Gasteiger charge is 2.70. The zero-order chi connectivity index (χ0) is 22.2. The van der Waals surface area contributed by atoms with E-state index in [0.29, 0.717) is 29.3 Å². The second-order valence-electron chi connectivity index (χ2n) is 9.24. The molecule has 0 aliphatic carbocycles. The highest BCUT2D eigenvalue weighted by Crippen LogP contribution is 2.54. The zero-order valence-electron chi connectivity index (χ0n) is 17.8. The van der Waals surface area contributed by atoms with Crippen molar-refractivity contribution in [2.45, 2.75) is 31.8 Å². The molecule has 0 bridgehead atoms. The lowest BCUT2D eigenvalue weighted by atomic mass is 9.76. The first-order chi connectivity index (χ1) is 15.4. The molecule has 4 aliphatic rings. The van der Waals surface area contributed by atoms with Gasteiger partial charge in [0.1, 0.15) is 5.54 Å². The summed E-state index contributed by atoms with van der Waals surface area (Å²) in [5.41, 5.74) is 0.568. The summed E-state index contributed by atoms with van der Waals surface area (Å²) >= 11 is 0. The Kier molecular flexibility index (Phi) is 3.96. The second-order valence-corrected chi connectivity index (χ2v) is 9.24. The number of nitrogens with zero attached hydrogens (tertiary/aromatic N) is 1. The normalized spacial score (nSPS) is 29.8. The molecule has 2 aromatic carbocycles. The number of carbonyl (C=O) groups is 3. The van der Waals surface area contributed by atoms with Crippen molar-refractivity contribution in [2.24, 2.45) is 17.8 Å². The van der Waals surface area contributed by atoms with E-state index in [4.69, 9.17) is 9.47 Å². The van der Waals surface area contributed by atoms with Crippen molar-refractivity contribution in [3.63, 3.8) is 0 Å². The molecule has 32 heavy (non-hydrogen) atoms. The van der Waals surface area contributed by atoms with Crippen LogP contribution in [0.1, 0.15) is 25.8 Å². The number of rotatable bonds is 3. The van der Waals surface area contributed by atoms with Gasteiger partial charge in [-0.25, -0.2) is 4.90 Å². The molecule has 164 valence electrons. The van der Waals surface area contributed by atoms with Crippen LogP contribution < -0.4 is 25.0 Å². The summed E-state index contributed by atoms with van der Waals surface area (Å²) in [6, 6.07) is 12.1. The predicted molar refractivity (Wildman–Crippen MR) is 115 cm³/mol. The fourth-order valence-electron chi connectivity index (χ4n) is 5.75. The van der Waals surface area contributed by atoms with Crippen molar-refractivity contribution in [1.82, 2.24) is 5.32 Å². The largest absolute Gasteiger partial charge is 0.454 e. The monoisotopic (exact) mass is 433 g/mol. The van der Waals surface area contributed by atoms with Gasteiger partial charge in [-0.3, -0.25) is 19.7 Å². The Labute approximate surface area is 184 Å². The third-order valence-corrected chi connectivity index (χ3v) is 6.96. The summed E-state index contributed by atoms with van der Waals surface area (Å²) in [6.07, 6.45) is 0.673. The number of carbonyl (C=O) groups excluding carboxylic acids is 3. The van der Waals surface area contributed by atoms with Crippen LogP contribution in [0.2, 0.25) is 0 Å². The van der Waals surface area contributed by atoms with Crippen molar-refractivity contribution in [1.29, 1.82) is 0 Å². The number of para-hydroxylation sites is 1. The third kappa shape index (κ3) is 2.38. The van der Waals surface area contributed by atoms with Gasteiger partial charge < -0.3 is 14.8 Å². The number of benzene rings is 2. The molecule has 0 saturated carbocycles. The van der Waals surface area contributed by atoms with Crippen molar-refractivity contribution >= 4 is 29.1 Å². The minimum Gasteiger partial charge on any atom is -0.454 e. The van der Waals surface area contributed by atoms with E-state index in [9.17, 15) is 14.4 Å². The molecule has 1 spiro atoms. The maximum atomic E-state index is 13.9. The number of fused-ring (bicyclic) bond motifs is 5. The van der Waals surface area contributed by atoms with Crippen LogP contribution in [0.3, 0.4) is 0 Å². The number of hydrogen-bond acceptors (Lipinski definition) is 6. The Morgan fingerprint density at radius 1 is 1.06 bits per heavy atom. The van der Waals surface area contributed by atoms with Gasteiger partial charge in [0.05, 0.1) is 17.5 Å². The maximum Gasteiger partial charge on any atom is 0.250 e. The molecular weight excluding hydrogens is 410 g/mol. The van der Waals surface area contributed by atoms with Crippen LogP contribution in [-0.4, -0.2) is 30.6 Å². The number of hydrogen-bond donors (Lipinski definition) is 2. The summed E-state index contributed by atoms with van der Waals surface area (Å²) < 4.78 is 10.8. The van der Waals surface area contributed by atoms with Gasteiger partial charge in [0.2, 0.25) is 24.5 Å². The summed E-state index contributed by atoms with van der Waals surface area (Å²) in [7, 11) is 0. The van der Waals surface area contributed by atoms with Gasteiger partial charge in [0.25, 0.3) is 0 Å². The van der Waals surface area contributed by atoms with Gasteiger partial charge in [0.15, 0.2) is 11.5 Å². The van der Waals surface area contributed by atoms with Crippen LogP contribution in [0.15, 0.2) is 42.5 Å². The summed E-state index contributed by atoms with van der Waals surface area (Å²) in [6.45, 7) is 4.24. The quantitative estimate of drug-likeness (QED) is 0.722. The molecule has 8 nitrogen and oxygen atoms in total. The average molecular weight is 433 g/mol. The summed E-state index contributed by atoms with van der Waals surface area (Å²) in [5, 5.41) is 6.38.